The molecule has 2 atom stereocenters. The van der Waals surface area contributed by atoms with Gasteiger partial charge in [-0.05, 0) is 12.0 Å². The van der Waals surface area contributed by atoms with E-state index >= 15 is 0 Å². The number of carbonyl (C=O) groups is 2. The van der Waals surface area contributed by atoms with E-state index < -0.39 is 6.09 Å². The first kappa shape index (κ1) is 13.9. The van der Waals surface area contributed by atoms with E-state index in [9.17, 15) is 9.59 Å². The Morgan fingerprint density at radius 3 is 2.81 bits per heavy atom. The molecule has 112 valence electrons. The van der Waals surface area contributed by atoms with Crippen LogP contribution in [0.15, 0.2) is 30.3 Å². The van der Waals surface area contributed by atoms with Crippen LogP contribution >= 0.6 is 0 Å². The summed E-state index contributed by atoms with van der Waals surface area (Å²) >= 11 is 0. The van der Waals surface area contributed by atoms with Gasteiger partial charge in [0.15, 0.2) is 0 Å². The highest BCUT2D eigenvalue weighted by molar-refractivity contribution is 5.83. The van der Waals surface area contributed by atoms with E-state index in [1.807, 2.05) is 35.2 Å². The predicted molar refractivity (Wildman–Crippen MR) is 76.5 cm³/mol. The number of carbonyl (C=O) groups excluding carboxylic acids is 2. The topological polar surface area (TPSA) is 70.7 Å². The van der Waals surface area contributed by atoms with E-state index in [0.717, 1.165) is 25.1 Å². The molecule has 0 saturated carbocycles. The van der Waals surface area contributed by atoms with Crippen molar-refractivity contribution < 1.29 is 14.3 Å². The first-order valence-electron chi connectivity index (χ1n) is 7.20. The lowest BCUT2D eigenvalue weighted by Gasteiger charge is -2.27. The molecule has 2 aliphatic heterocycles. The van der Waals surface area contributed by atoms with E-state index in [1.54, 1.807) is 0 Å². The third kappa shape index (κ3) is 3.33. The molecule has 0 aliphatic carbocycles. The van der Waals surface area contributed by atoms with E-state index in [4.69, 9.17) is 4.74 Å². The number of hydrogen-bond donors (Lipinski definition) is 2. The van der Waals surface area contributed by atoms with Gasteiger partial charge in [0.2, 0.25) is 5.91 Å². The second-order valence-electron chi connectivity index (χ2n) is 5.46. The zero-order valence-electron chi connectivity index (χ0n) is 11.7. The minimum Gasteiger partial charge on any atom is -0.445 e. The van der Waals surface area contributed by atoms with Gasteiger partial charge in [-0.1, -0.05) is 30.3 Å². The molecule has 2 unspecified atom stereocenters. The Kier molecular flexibility index (Phi) is 4.06. The van der Waals surface area contributed by atoms with Gasteiger partial charge in [0.25, 0.3) is 0 Å². The number of nitrogens with one attached hydrogen (secondary N) is 2. The van der Waals surface area contributed by atoms with E-state index in [2.05, 4.69) is 10.6 Å². The van der Waals surface area contributed by atoms with Crippen LogP contribution < -0.4 is 10.6 Å². The van der Waals surface area contributed by atoms with Crippen molar-refractivity contribution in [2.75, 3.05) is 19.6 Å². The molecule has 6 heteroatoms. The summed E-state index contributed by atoms with van der Waals surface area (Å²) in [5.41, 5.74) is 0.918. The molecule has 2 N–H and O–H groups in total. The Labute approximate surface area is 123 Å². The van der Waals surface area contributed by atoms with Crippen molar-refractivity contribution in [3.8, 4) is 0 Å². The normalized spacial score (nSPS) is 23.1. The van der Waals surface area contributed by atoms with Crippen molar-refractivity contribution in [2.45, 2.75) is 25.1 Å². The second-order valence-corrected chi connectivity index (χ2v) is 5.46. The molecular formula is C15H19N3O3. The van der Waals surface area contributed by atoms with Gasteiger partial charge in [0, 0.05) is 25.2 Å². The fraction of sp³-hybridized carbons (Fsp3) is 0.467. The van der Waals surface area contributed by atoms with Crippen LogP contribution in [0.1, 0.15) is 12.0 Å². The second kappa shape index (κ2) is 6.13. The minimum absolute atomic E-state index is 0.00313. The number of hydrogen-bond acceptors (Lipinski definition) is 4. The molecule has 0 aromatic heterocycles. The van der Waals surface area contributed by atoms with Crippen molar-refractivity contribution in [1.82, 2.24) is 15.5 Å². The summed E-state index contributed by atoms with van der Waals surface area (Å²) in [7, 11) is 0. The van der Waals surface area contributed by atoms with Crippen LogP contribution in [0, 0.1) is 0 Å². The Hall–Kier alpha value is -2.08. The van der Waals surface area contributed by atoms with Gasteiger partial charge in [-0.15, -0.1) is 0 Å². The van der Waals surface area contributed by atoms with Gasteiger partial charge in [-0.25, -0.2) is 4.79 Å². The average Bonchev–Trinajstić information content (AvgIpc) is 3.14. The third-order valence-electron chi connectivity index (χ3n) is 3.97. The van der Waals surface area contributed by atoms with Gasteiger partial charge in [0.1, 0.15) is 13.2 Å². The molecule has 1 aromatic carbocycles. The number of ether oxygens (including phenoxy) is 1. The molecule has 6 nitrogen and oxygen atoms in total. The molecule has 2 fully saturated rings. The van der Waals surface area contributed by atoms with Gasteiger partial charge in [0.05, 0.1) is 0 Å². The number of nitrogens with zero attached hydrogens (tertiary/aromatic N) is 1. The van der Waals surface area contributed by atoms with E-state index in [0.29, 0.717) is 6.04 Å². The predicted octanol–water partition coefficient (Wildman–Crippen LogP) is 0.486. The molecule has 2 amide bonds. The Morgan fingerprint density at radius 1 is 1.33 bits per heavy atom. The maximum atomic E-state index is 12.0. The molecule has 2 saturated heterocycles. The molecule has 2 heterocycles. The van der Waals surface area contributed by atoms with Crippen LogP contribution in [0.5, 0.6) is 0 Å². The first-order valence-corrected chi connectivity index (χ1v) is 7.20. The molecule has 21 heavy (non-hydrogen) atoms. The molecule has 2 bridgehead atoms. The van der Waals surface area contributed by atoms with Crippen molar-refractivity contribution in [3.63, 3.8) is 0 Å². The fourth-order valence-corrected chi connectivity index (χ4v) is 2.89. The van der Waals surface area contributed by atoms with Crippen molar-refractivity contribution in [1.29, 1.82) is 0 Å². The largest absolute Gasteiger partial charge is 0.445 e. The standard InChI is InChI=1S/C15H19N3O3/c19-14(18-9-12-6-13(18)7-16-12)8-17-15(20)21-10-11-4-2-1-3-5-11/h1-5,12-13,16H,6-10H2,(H,17,20). The van der Waals surface area contributed by atoms with Gasteiger partial charge >= 0.3 is 6.09 Å². The quantitative estimate of drug-likeness (QED) is 0.846. The minimum atomic E-state index is -0.560. The third-order valence-corrected chi connectivity index (χ3v) is 3.97. The van der Waals surface area contributed by atoms with Crippen molar-refractivity contribution in [3.05, 3.63) is 35.9 Å². The fourth-order valence-electron chi connectivity index (χ4n) is 2.89. The van der Waals surface area contributed by atoms with Crippen molar-refractivity contribution in [2.24, 2.45) is 0 Å². The van der Waals surface area contributed by atoms with Crippen LogP contribution in [0.2, 0.25) is 0 Å². The van der Waals surface area contributed by atoms with E-state index in [-0.39, 0.29) is 25.1 Å². The van der Waals surface area contributed by atoms with Gasteiger partial charge < -0.3 is 20.3 Å². The number of alkyl carbamates (subject to hydrolysis) is 1. The molecule has 0 spiro atoms. The summed E-state index contributed by atoms with van der Waals surface area (Å²) in [6.45, 7) is 1.80. The Balaban J connectivity index is 1.38. The summed E-state index contributed by atoms with van der Waals surface area (Å²) in [6.07, 6.45) is 0.458. The van der Waals surface area contributed by atoms with E-state index in [1.165, 1.54) is 0 Å². The summed E-state index contributed by atoms with van der Waals surface area (Å²) < 4.78 is 5.07. The van der Waals surface area contributed by atoms with Crippen LogP contribution in [-0.4, -0.2) is 48.6 Å². The van der Waals surface area contributed by atoms with Crippen molar-refractivity contribution >= 4 is 12.0 Å². The van der Waals surface area contributed by atoms with Crippen LogP contribution in [0.25, 0.3) is 0 Å². The lowest BCUT2D eigenvalue weighted by atomic mass is 10.2. The van der Waals surface area contributed by atoms with Crippen LogP contribution in [0.4, 0.5) is 4.79 Å². The van der Waals surface area contributed by atoms with Gasteiger partial charge in [-0.3, -0.25) is 4.79 Å². The summed E-state index contributed by atoms with van der Waals surface area (Å²) in [4.78, 5) is 25.5. The zero-order valence-corrected chi connectivity index (χ0v) is 11.7. The smallest absolute Gasteiger partial charge is 0.407 e. The number of fused-ring (bicyclic) bond motifs is 2. The molecule has 3 rings (SSSR count). The summed E-state index contributed by atoms with van der Waals surface area (Å²) in [5.74, 6) is -0.0411. The highest BCUT2D eigenvalue weighted by Gasteiger charge is 2.39. The van der Waals surface area contributed by atoms with Crippen LogP contribution in [-0.2, 0) is 16.1 Å². The summed E-state index contributed by atoms with van der Waals surface area (Å²) in [6, 6.07) is 10.1. The number of amides is 2. The number of rotatable bonds is 4. The van der Waals surface area contributed by atoms with Gasteiger partial charge in [-0.2, -0.15) is 0 Å². The summed E-state index contributed by atoms with van der Waals surface area (Å²) in [5, 5.41) is 5.85. The maximum absolute atomic E-state index is 12.0. The molecule has 1 aromatic rings. The maximum Gasteiger partial charge on any atom is 0.407 e. The lowest BCUT2D eigenvalue weighted by molar-refractivity contribution is -0.131. The lowest BCUT2D eigenvalue weighted by Crippen LogP contribution is -2.49. The number of benzene rings is 1. The zero-order chi connectivity index (χ0) is 14.7. The number of likely N-dealkylation sites (tertiary alicyclic amines) is 1. The highest BCUT2D eigenvalue weighted by Crippen LogP contribution is 2.22. The number of piperazine rings is 1. The SMILES string of the molecule is O=C(NCC(=O)N1CC2CC1CN2)OCc1ccccc1. The first-order chi connectivity index (χ1) is 10.2. The average molecular weight is 289 g/mol. The Bertz CT molecular complexity index is 520. The molecular weight excluding hydrogens is 270 g/mol. The molecule has 0 radical (unpaired) electrons. The monoisotopic (exact) mass is 289 g/mol. The Morgan fingerprint density at radius 2 is 2.14 bits per heavy atom. The molecule has 2 aliphatic rings. The van der Waals surface area contributed by atoms with Crippen LogP contribution in [0.3, 0.4) is 0 Å². The highest BCUT2D eigenvalue weighted by atomic mass is 16.5.